The number of aryl methyl sites for hydroxylation is 2. The zero-order valence-electron chi connectivity index (χ0n) is 11.9. The first-order valence-corrected chi connectivity index (χ1v) is 7.00. The molecule has 1 saturated carbocycles. The molecule has 0 aliphatic heterocycles. The number of nitrogens with one attached hydrogen (secondary N) is 1. The Morgan fingerprint density at radius 3 is 2.65 bits per heavy atom. The van der Waals surface area contributed by atoms with Crippen molar-refractivity contribution < 1.29 is 4.74 Å². The molecular formula is C16H19N3O. The number of aromatic nitrogens is 2. The lowest BCUT2D eigenvalue weighted by molar-refractivity contribution is 0.468. The smallest absolute Gasteiger partial charge is 0.145 e. The van der Waals surface area contributed by atoms with Gasteiger partial charge in [-0.15, -0.1) is 0 Å². The average molecular weight is 269 g/mol. The number of pyridine rings is 2. The standard InChI is InChI=1S/C16H19N3O/c1-11-3-6-15(10-18-11)20-16-7-12(2)17-8-13(16)9-19-14-4-5-14/h3,6-8,10,14,19H,4-5,9H2,1-2H3. The molecule has 0 saturated heterocycles. The predicted octanol–water partition coefficient (Wildman–Crippen LogP) is 3.14. The summed E-state index contributed by atoms with van der Waals surface area (Å²) in [5, 5.41) is 3.49. The van der Waals surface area contributed by atoms with Gasteiger partial charge in [-0.1, -0.05) is 0 Å². The van der Waals surface area contributed by atoms with E-state index in [0.29, 0.717) is 6.04 Å². The van der Waals surface area contributed by atoms with E-state index < -0.39 is 0 Å². The Morgan fingerprint density at radius 1 is 1.15 bits per heavy atom. The van der Waals surface area contributed by atoms with Crippen molar-refractivity contribution in [2.45, 2.75) is 39.3 Å². The van der Waals surface area contributed by atoms with Crippen LogP contribution in [0.3, 0.4) is 0 Å². The quantitative estimate of drug-likeness (QED) is 0.906. The molecule has 0 atom stereocenters. The van der Waals surface area contributed by atoms with Crippen LogP contribution in [-0.2, 0) is 6.54 Å². The maximum Gasteiger partial charge on any atom is 0.145 e. The Balaban J connectivity index is 1.78. The summed E-state index contributed by atoms with van der Waals surface area (Å²) in [7, 11) is 0. The molecule has 0 radical (unpaired) electrons. The van der Waals surface area contributed by atoms with Crippen LogP contribution in [0.2, 0.25) is 0 Å². The fraction of sp³-hybridized carbons (Fsp3) is 0.375. The SMILES string of the molecule is Cc1ccc(Oc2cc(C)ncc2CNC2CC2)cn1. The lowest BCUT2D eigenvalue weighted by Crippen LogP contribution is -2.16. The molecule has 20 heavy (non-hydrogen) atoms. The van der Waals surface area contributed by atoms with E-state index in [1.807, 2.05) is 38.2 Å². The summed E-state index contributed by atoms with van der Waals surface area (Å²) in [6.45, 7) is 4.73. The Labute approximate surface area is 119 Å². The van der Waals surface area contributed by atoms with Crippen molar-refractivity contribution in [3.05, 3.63) is 47.5 Å². The van der Waals surface area contributed by atoms with Crippen LogP contribution in [0.25, 0.3) is 0 Å². The Bertz CT molecular complexity index is 591. The molecule has 0 aromatic carbocycles. The number of hydrogen-bond acceptors (Lipinski definition) is 4. The predicted molar refractivity (Wildman–Crippen MR) is 77.9 cm³/mol. The van der Waals surface area contributed by atoms with Gasteiger partial charge in [-0.2, -0.15) is 0 Å². The second-order valence-electron chi connectivity index (χ2n) is 5.33. The van der Waals surface area contributed by atoms with E-state index in [4.69, 9.17) is 4.74 Å². The lowest BCUT2D eigenvalue weighted by Gasteiger charge is -2.12. The fourth-order valence-corrected chi connectivity index (χ4v) is 1.97. The normalized spacial score (nSPS) is 14.3. The van der Waals surface area contributed by atoms with E-state index in [2.05, 4.69) is 15.3 Å². The molecule has 1 N–H and O–H groups in total. The molecule has 1 fully saturated rings. The van der Waals surface area contributed by atoms with Crippen molar-refractivity contribution in [2.24, 2.45) is 0 Å². The number of ether oxygens (including phenoxy) is 1. The van der Waals surface area contributed by atoms with Crippen LogP contribution in [0.4, 0.5) is 0 Å². The minimum Gasteiger partial charge on any atom is -0.455 e. The van der Waals surface area contributed by atoms with Crippen molar-refractivity contribution in [3.63, 3.8) is 0 Å². The molecule has 2 heterocycles. The van der Waals surface area contributed by atoms with E-state index in [-0.39, 0.29) is 0 Å². The summed E-state index contributed by atoms with van der Waals surface area (Å²) in [4.78, 5) is 8.61. The summed E-state index contributed by atoms with van der Waals surface area (Å²) in [6, 6.07) is 6.54. The van der Waals surface area contributed by atoms with Gasteiger partial charge in [-0.05, 0) is 38.8 Å². The van der Waals surface area contributed by atoms with Crippen molar-refractivity contribution >= 4 is 0 Å². The van der Waals surface area contributed by atoms with Crippen molar-refractivity contribution in [2.75, 3.05) is 0 Å². The molecule has 4 nitrogen and oxygen atoms in total. The van der Waals surface area contributed by atoms with Crippen molar-refractivity contribution in [3.8, 4) is 11.5 Å². The Hall–Kier alpha value is -1.94. The third kappa shape index (κ3) is 3.33. The summed E-state index contributed by atoms with van der Waals surface area (Å²) >= 11 is 0. The molecule has 104 valence electrons. The molecule has 1 aliphatic rings. The maximum absolute atomic E-state index is 5.96. The highest BCUT2D eigenvalue weighted by Crippen LogP contribution is 2.26. The first-order valence-electron chi connectivity index (χ1n) is 7.00. The highest BCUT2D eigenvalue weighted by Gasteiger charge is 2.20. The van der Waals surface area contributed by atoms with Crippen LogP contribution in [0.1, 0.15) is 29.8 Å². The second-order valence-corrected chi connectivity index (χ2v) is 5.33. The maximum atomic E-state index is 5.96. The lowest BCUT2D eigenvalue weighted by atomic mass is 10.2. The first kappa shape index (κ1) is 13.1. The van der Waals surface area contributed by atoms with Gasteiger partial charge >= 0.3 is 0 Å². The third-order valence-corrected chi connectivity index (χ3v) is 3.35. The van der Waals surface area contributed by atoms with Crippen LogP contribution >= 0.6 is 0 Å². The van der Waals surface area contributed by atoms with Gasteiger partial charge in [-0.25, -0.2) is 0 Å². The van der Waals surface area contributed by atoms with Crippen LogP contribution in [0.5, 0.6) is 11.5 Å². The Morgan fingerprint density at radius 2 is 1.95 bits per heavy atom. The van der Waals surface area contributed by atoms with Crippen LogP contribution in [-0.4, -0.2) is 16.0 Å². The van der Waals surface area contributed by atoms with E-state index in [9.17, 15) is 0 Å². The van der Waals surface area contributed by atoms with E-state index in [1.165, 1.54) is 12.8 Å². The zero-order valence-corrected chi connectivity index (χ0v) is 11.9. The topological polar surface area (TPSA) is 47.0 Å². The van der Waals surface area contributed by atoms with Gasteiger partial charge in [0.2, 0.25) is 0 Å². The van der Waals surface area contributed by atoms with Crippen molar-refractivity contribution in [1.82, 2.24) is 15.3 Å². The van der Waals surface area contributed by atoms with Gasteiger partial charge in [0.05, 0.1) is 6.20 Å². The molecule has 4 heteroatoms. The average Bonchev–Trinajstić information content (AvgIpc) is 3.25. The number of rotatable bonds is 5. The molecule has 0 spiro atoms. The minimum absolute atomic E-state index is 0.671. The Kier molecular flexibility index (Phi) is 3.65. The molecule has 2 aromatic heterocycles. The van der Waals surface area contributed by atoms with Gasteiger partial charge in [-0.3, -0.25) is 9.97 Å². The van der Waals surface area contributed by atoms with Crippen LogP contribution < -0.4 is 10.1 Å². The summed E-state index contributed by atoms with van der Waals surface area (Å²) < 4.78 is 5.96. The molecule has 0 amide bonds. The zero-order chi connectivity index (χ0) is 13.9. The van der Waals surface area contributed by atoms with Gasteiger partial charge in [0, 0.05) is 41.8 Å². The molecule has 0 unspecified atom stereocenters. The molecule has 0 bridgehead atoms. The van der Waals surface area contributed by atoms with E-state index in [1.54, 1.807) is 6.20 Å². The van der Waals surface area contributed by atoms with Crippen LogP contribution in [0, 0.1) is 13.8 Å². The van der Waals surface area contributed by atoms with Crippen LogP contribution in [0.15, 0.2) is 30.6 Å². The van der Waals surface area contributed by atoms with E-state index >= 15 is 0 Å². The summed E-state index contributed by atoms with van der Waals surface area (Å²) in [6.07, 6.45) is 6.19. The molecule has 2 aromatic rings. The van der Waals surface area contributed by atoms with Crippen molar-refractivity contribution in [1.29, 1.82) is 0 Å². The van der Waals surface area contributed by atoms with Gasteiger partial charge < -0.3 is 10.1 Å². The van der Waals surface area contributed by atoms with Gasteiger partial charge in [0.1, 0.15) is 11.5 Å². The highest BCUT2D eigenvalue weighted by atomic mass is 16.5. The van der Waals surface area contributed by atoms with Gasteiger partial charge in [0.25, 0.3) is 0 Å². The second kappa shape index (κ2) is 5.59. The molecule has 1 aliphatic carbocycles. The van der Waals surface area contributed by atoms with Gasteiger partial charge in [0.15, 0.2) is 0 Å². The largest absolute Gasteiger partial charge is 0.455 e. The minimum atomic E-state index is 0.671. The molecule has 3 rings (SSSR count). The number of hydrogen-bond donors (Lipinski definition) is 1. The molecular weight excluding hydrogens is 250 g/mol. The van der Waals surface area contributed by atoms with E-state index in [0.717, 1.165) is 35.0 Å². The first-order chi connectivity index (χ1) is 9.70. The number of nitrogens with zero attached hydrogens (tertiary/aromatic N) is 2. The summed E-state index contributed by atoms with van der Waals surface area (Å²) in [5.41, 5.74) is 3.03. The highest BCUT2D eigenvalue weighted by molar-refractivity contribution is 5.37. The third-order valence-electron chi connectivity index (χ3n) is 3.35. The fourth-order valence-electron chi connectivity index (χ4n) is 1.97. The monoisotopic (exact) mass is 269 g/mol. The summed E-state index contributed by atoms with van der Waals surface area (Å²) in [5.74, 6) is 1.62.